The van der Waals surface area contributed by atoms with Crippen LogP contribution in [0, 0.1) is 0 Å². The Hall–Kier alpha value is -2.29. The third kappa shape index (κ3) is 4.76. The molecule has 0 aliphatic carbocycles. The first-order valence-electron chi connectivity index (χ1n) is 9.01. The van der Waals surface area contributed by atoms with Crippen LogP contribution in [0.3, 0.4) is 0 Å². The molecule has 0 saturated carbocycles. The predicted octanol–water partition coefficient (Wildman–Crippen LogP) is 3.27. The molecule has 1 unspecified atom stereocenters. The molecule has 7 nitrogen and oxygen atoms in total. The van der Waals surface area contributed by atoms with Gasteiger partial charge in [-0.05, 0) is 30.8 Å². The Morgan fingerprint density at radius 2 is 1.86 bits per heavy atom. The first kappa shape index (κ1) is 20.4. The number of carbonyl (C=O) groups is 2. The number of thiophene rings is 1. The highest BCUT2D eigenvalue weighted by Crippen LogP contribution is 2.38. The number of fused-ring (bicyclic) bond motifs is 1. The van der Waals surface area contributed by atoms with Crippen LogP contribution in [-0.2, 0) is 4.79 Å². The molecule has 1 fully saturated rings. The number of ether oxygens (including phenoxy) is 2. The van der Waals surface area contributed by atoms with E-state index in [4.69, 9.17) is 9.47 Å². The topological polar surface area (TPSA) is 88.7 Å². The van der Waals surface area contributed by atoms with Crippen LogP contribution >= 0.6 is 23.7 Å². The molecule has 28 heavy (non-hydrogen) atoms. The summed E-state index contributed by atoms with van der Waals surface area (Å²) < 4.78 is 11.2. The van der Waals surface area contributed by atoms with E-state index in [-0.39, 0.29) is 30.3 Å². The summed E-state index contributed by atoms with van der Waals surface area (Å²) in [7, 11) is 0. The lowest BCUT2D eigenvalue weighted by Crippen LogP contribution is -2.28. The average Bonchev–Trinajstić information content (AvgIpc) is 3.36. The van der Waals surface area contributed by atoms with E-state index in [1.807, 2.05) is 11.4 Å². The summed E-state index contributed by atoms with van der Waals surface area (Å²) >= 11 is 1.36. The summed E-state index contributed by atoms with van der Waals surface area (Å²) in [6, 6.07) is 7.18. The standard InChI is InChI=1S/C19H21N3O4S.ClH/c23-18(9-12-3-1-5-20-12)21-13-10-15-16(26-7-6-25-15)11-14(13)22-19(24)17-4-2-8-27-17;/h2,4,8,10-12,20H,1,3,5-7,9H2,(H,21,23)(H,22,24);1H. The minimum Gasteiger partial charge on any atom is -0.486 e. The lowest BCUT2D eigenvalue weighted by molar-refractivity contribution is -0.116. The first-order valence-corrected chi connectivity index (χ1v) is 9.89. The summed E-state index contributed by atoms with van der Waals surface area (Å²) in [5.74, 6) is 0.787. The highest BCUT2D eigenvalue weighted by atomic mass is 35.5. The Bertz CT molecular complexity index is 838. The maximum Gasteiger partial charge on any atom is 0.265 e. The predicted molar refractivity (Wildman–Crippen MR) is 111 cm³/mol. The van der Waals surface area contributed by atoms with E-state index in [2.05, 4.69) is 16.0 Å². The zero-order valence-electron chi connectivity index (χ0n) is 15.2. The van der Waals surface area contributed by atoms with Gasteiger partial charge in [-0.1, -0.05) is 6.07 Å². The van der Waals surface area contributed by atoms with Crippen molar-refractivity contribution in [2.24, 2.45) is 0 Å². The van der Waals surface area contributed by atoms with Crippen LogP contribution in [0.1, 0.15) is 28.9 Å². The van der Waals surface area contributed by atoms with Gasteiger partial charge < -0.3 is 25.4 Å². The van der Waals surface area contributed by atoms with Crippen LogP contribution in [0.4, 0.5) is 11.4 Å². The number of rotatable bonds is 5. The fourth-order valence-electron chi connectivity index (χ4n) is 3.24. The van der Waals surface area contributed by atoms with Gasteiger partial charge in [0.2, 0.25) is 5.91 Å². The van der Waals surface area contributed by atoms with Gasteiger partial charge in [0.15, 0.2) is 11.5 Å². The van der Waals surface area contributed by atoms with Crippen molar-refractivity contribution in [3.05, 3.63) is 34.5 Å². The van der Waals surface area contributed by atoms with Crippen molar-refractivity contribution in [2.75, 3.05) is 30.4 Å². The fraction of sp³-hybridized carbons (Fsp3) is 0.368. The maximum absolute atomic E-state index is 12.5. The number of halogens is 1. The smallest absolute Gasteiger partial charge is 0.265 e. The maximum atomic E-state index is 12.5. The molecule has 9 heteroatoms. The van der Waals surface area contributed by atoms with Crippen molar-refractivity contribution in [3.8, 4) is 11.5 Å². The SMILES string of the molecule is Cl.O=C(CC1CCCN1)Nc1cc2c(cc1NC(=O)c1cccs1)OCCO2. The molecule has 0 bridgehead atoms. The summed E-state index contributed by atoms with van der Waals surface area (Å²) in [6.07, 6.45) is 2.48. The van der Waals surface area contributed by atoms with Crippen molar-refractivity contribution in [1.29, 1.82) is 0 Å². The van der Waals surface area contributed by atoms with Gasteiger partial charge in [0.1, 0.15) is 13.2 Å². The fourth-order valence-corrected chi connectivity index (χ4v) is 3.86. The average molecular weight is 424 g/mol. The van der Waals surface area contributed by atoms with Gasteiger partial charge >= 0.3 is 0 Å². The summed E-state index contributed by atoms with van der Waals surface area (Å²) in [5.41, 5.74) is 0.998. The quantitative estimate of drug-likeness (QED) is 0.686. The number of hydrogen-bond donors (Lipinski definition) is 3. The number of benzene rings is 1. The van der Waals surface area contributed by atoms with Crippen LogP contribution in [0.25, 0.3) is 0 Å². The lowest BCUT2D eigenvalue weighted by Gasteiger charge is -2.22. The summed E-state index contributed by atoms with van der Waals surface area (Å²) in [4.78, 5) is 25.5. The highest BCUT2D eigenvalue weighted by molar-refractivity contribution is 7.12. The van der Waals surface area contributed by atoms with E-state index in [0.717, 1.165) is 19.4 Å². The molecular formula is C19H22ClN3O4S. The molecule has 1 aromatic heterocycles. The van der Waals surface area contributed by atoms with E-state index in [1.54, 1.807) is 18.2 Å². The first-order chi connectivity index (χ1) is 13.2. The van der Waals surface area contributed by atoms with Gasteiger partial charge in [0.25, 0.3) is 5.91 Å². The number of anilines is 2. The minimum atomic E-state index is -0.227. The molecule has 0 radical (unpaired) electrons. The summed E-state index contributed by atoms with van der Waals surface area (Å²) in [6.45, 7) is 1.85. The third-order valence-corrected chi connectivity index (χ3v) is 5.41. The molecule has 2 aliphatic heterocycles. The van der Waals surface area contributed by atoms with Crippen LogP contribution in [-0.4, -0.2) is 37.6 Å². The Labute approximate surface area is 173 Å². The second kappa shape index (κ2) is 9.27. The molecule has 1 saturated heterocycles. The van der Waals surface area contributed by atoms with Gasteiger partial charge in [0, 0.05) is 24.6 Å². The molecule has 3 N–H and O–H groups in total. The van der Waals surface area contributed by atoms with E-state index >= 15 is 0 Å². The van der Waals surface area contributed by atoms with Gasteiger partial charge in [0.05, 0.1) is 16.3 Å². The second-order valence-electron chi connectivity index (χ2n) is 6.52. The van der Waals surface area contributed by atoms with Crippen molar-refractivity contribution in [2.45, 2.75) is 25.3 Å². The monoisotopic (exact) mass is 423 g/mol. The van der Waals surface area contributed by atoms with Crippen molar-refractivity contribution < 1.29 is 19.1 Å². The van der Waals surface area contributed by atoms with Crippen LogP contribution < -0.4 is 25.4 Å². The molecule has 0 spiro atoms. The molecule has 2 aliphatic rings. The second-order valence-corrected chi connectivity index (χ2v) is 7.47. The van der Waals surface area contributed by atoms with Gasteiger partial charge in [-0.25, -0.2) is 0 Å². The Morgan fingerprint density at radius 1 is 1.14 bits per heavy atom. The van der Waals surface area contributed by atoms with Crippen LogP contribution in [0.5, 0.6) is 11.5 Å². The molecule has 3 heterocycles. The number of amides is 2. The van der Waals surface area contributed by atoms with Gasteiger partial charge in [-0.2, -0.15) is 0 Å². The highest BCUT2D eigenvalue weighted by Gasteiger charge is 2.21. The van der Waals surface area contributed by atoms with E-state index in [1.165, 1.54) is 11.3 Å². The van der Waals surface area contributed by atoms with E-state index in [0.29, 0.717) is 47.4 Å². The van der Waals surface area contributed by atoms with Gasteiger partial charge in [-0.3, -0.25) is 9.59 Å². The Kier molecular flexibility index (Phi) is 6.77. The normalized spacial score (nSPS) is 17.5. The van der Waals surface area contributed by atoms with Crippen molar-refractivity contribution in [1.82, 2.24) is 5.32 Å². The number of carbonyl (C=O) groups excluding carboxylic acids is 2. The third-order valence-electron chi connectivity index (χ3n) is 4.54. The lowest BCUT2D eigenvalue weighted by atomic mass is 10.1. The van der Waals surface area contributed by atoms with Crippen molar-refractivity contribution in [3.63, 3.8) is 0 Å². The molecule has 1 aromatic carbocycles. The Balaban J connectivity index is 0.00000225. The molecular weight excluding hydrogens is 402 g/mol. The molecule has 150 valence electrons. The zero-order chi connectivity index (χ0) is 18.6. The van der Waals surface area contributed by atoms with E-state index < -0.39 is 0 Å². The number of nitrogens with one attached hydrogen (secondary N) is 3. The van der Waals surface area contributed by atoms with Crippen molar-refractivity contribution >= 4 is 46.9 Å². The molecule has 1 atom stereocenters. The largest absolute Gasteiger partial charge is 0.486 e. The minimum absolute atomic E-state index is 0. The van der Waals surface area contributed by atoms with Gasteiger partial charge in [-0.15, -0.1) is 23.7 Å². The summed E-state index contributed by atoms with van der Waals surface area (Å²) in [5, 5.41) is 10.9. The zero-order valence-corrected chi connectivity index (χ0v) is 16.8. The van der Waals surface area contributed by atoms with Crippen LogP contribution in [0.2, 0.25) is 0 Å². The molecule has 2 amide bonds. The van der Waals surface area contributed by atoms with Crippen LogP contribution in [0.15, 0.2) is 29.6 Å². The van der Waals surface area contributed by atoms with E-state index in [9.17, 15) is 9.59 Å². The number of hydrogen-bond acceptors (Lipinski definition) is 6. The molecule has 4 rings (SSSR count). The Morgan fingerprint density at radius 3 is 2.46 bits per heavy atom. The molecule has 2 aromatic rings.